The molecule has 7 heteroatoms. The second kappa shape index (κ2) is 9.05. The van der Waals surface area contributed by atoms with Gasteiger partial charge in [0.2, 0.25) is 0 Å². The smallest absolute Gasteiger partial charge is 0.291 e. The van der Waals surface area contributed by atoms with Gasteiger partial charge in [-0.15, -0.1) is 0 Å². The quantitative estimate of drug-likeness (QED) is 0.624. The molecule has 0 aliphatic heterocycles. The number of carbonyl (C=O) groups is 2. The lowest BCUT2D eigenvalue weighted by atomic mass is 10.0. The van der Waals surface area contributed by atoms with Crippen LogP contribution in [0.25, 0.3) is 11.3 Å². The highest BCUT2D eigenvalue weighted by molar-refractivity contribution is 5.94. The number of hydrazine groups is 1. The van der Waals surface area contributed by atoms with Crippen LogP contribution in [0.5, 0.6) is 5.75 Å². The topological polar surface area (TPSA) is 93.5 Å². The highest BCUT2D eigenvalue weighted by Gasteiger charge is 2.15. The SMILES string of the molecule is Cc1ccc(C(C)C)c(OCC(=O)NNC(=O)c2cc(-c3ccccc3)on2)c1. The molecule has 0 radical (unpaired) electrons. The summed E-state index contributed by atoms with van der Waals surface area (Å²) in [6.07, 6.45) is 0. The van der Waals surface area contributed by atoms with E-state index >= 15 is 0 Å². The molecule has 0 aliphatic carbocycles. The van der Waals surface area contributed by atoms with Crippen molar-refractivity contribution in [3.63, 3.8) is 0 Å². The van der Waals surface area contributed by atoms with E-state index < -0.39 is 11.8 Å². The van der Waals surface area contributed by atoms with Gasteiger partial charge in [-0.1, -0.05) is 61.5 Å². The molecule has 1 aromatic heterocycles. The first-order valence-electron chi connectivity index (χ1n) is 9.28. The van der Waals surface area contributed by atoms with Crippen molar-refractivity contribution in [2.75, 3.05) is 6.61 Å². The monoisotopic (exact) mass is 393 g/mol. The largest absolute Gasteiger partial charge is 0.483 e. The van der Waals surface area contributed by atoms with Crippen molar-refractivity contribution in [3.8, 4) is 17.1 Å². The van der Waals surface area contributed by atoms with Crippen molar-refractivity contribution < 1.29 is 18.8 Å². The zero-order valence-electron chi connectivity index (χ0n) is 16.6. The van der Waals surface area contributed by atoms with Gasteiger partial charge in [-0.25, -0.2) is 0 Å². The third kappa shape index (κ3) is 5.22. The van der Waals surface area contributed by atoms with E-state index in [-0.39, 0.29) is 18.2 Å². The van der Waals surface area contributed by atoms with Gasteiger partial charge in [0.25, 0.3) is 11.8 Å². The fraction of sp³-hybridized carbons (Fsp3) is 0.227. The summed E-state index contributed by atoms with van der Waals surface area (Å²) >= 11 is 0. The lowest BCUT2D eigenvalue weighted by molar-refractivity contribution is -0.123. The van der Waals surface area contributed by atoms with E-state index in [1.54, 1.807) is 0 Å². The molecule has 0 atom stereocenters. The molecule has 0 spiro atoms. The van der Waals surface area contributed by atoms with Crippen molar-refractivity contribution in [2.24, 2.45) is 0 Å². The molecular weight excluding hydrogens is 370 g/mol. The van der Waals surface area contributed by atoms with Gasteiger partial charge in [-0.2, -0.15) is 0 Å². The van der Waals surface area contributed by atoms with Crippen LogP contribution in [0.4, 0.5) is 0 Å². The summed E-state index contributed by atoms with van der Waals surface area (Å²) in [5.41, 5.74) is 7.55. The minimum Gasteiger partial charge on any atom is -0.483 e. The number of aryl methyl sites for hydroxylation is 1. The Morgan fingerprint density at radius 3 is 2.55 bits per heavy atom. The highest BCUT2D eigenvalue weighted by Crippen LogP contribution is 2.27. The lowest BCUT2D eigenvalue weighted by Gasteiger charge is -2.14. The first-order valence-corrected chi connectivity index (χ1v) is 9.28. The van der Waals surface area contributed by atoms with Gasteiger partial charge >= 0.3 is 0 Å². The predicted octanol–water partition coefficient (Wildman–Crippen LogP) is 3.61. The predicted molar refractivity (Wildman–Crippen MR) is 108 cm³/mol. The van der Waals surface area contributed by atoms with E-state index in [9.17, 15) is 9.59 Å². The molecule has 0 aliphatic rings. The van der Waals surface area contributed by atoms with Crippen molar-refractivity contribution in [1.82, 2.24) is 16.0 Å². The van der Waals surface area contributed by atoms with Crippen LogP contribution in [0.3, 0.4) is 0 Å². The van der Waals surface area contributed by atoms with Gasteiger partial charge in [-0.05, 0) is 30.0 Å². The van der Waals surface area contributed by atoms with Gasteiger partial charge in [0.1, 0.15) is 5.75 Å². The van der Waals surface area contributed by atoms with Gasteiger partial charge in [0, 0.05) is 11.6 Å². The van der Waals surface area contributed by atoms with E-state index in [1.807, 2.05) is 55.5 Å². The number of hydrogen-bond donors (Lipinski definition) is 2. The van der Waals surface area contributed by atoms with Crippen LogP contribution in [0.1, 0.15) is 41.4 Å². The zero-order chi connectivity index (χ0) is 20.8. The second-order valence-corrected chi connectivity index (χ2v) is 6.93. The molecule has 0 saturated heterocycles. The van der Waals surface area contributed by atoms with Crippen LogP contribution in [-0.2, 0) is 4.79 Å². The third-order valence-corrected chi connectivity index (χ3v) is 4.27. The molecule has 2 N–H and O–H groups in total. The normalized spacial score (nSPS) is 10.6. The molecule has 1 heterocycles. The molecule has 3 rings (SSSR count). The summed E-state index contributed by atoms with van der Waals surface area (Å²) in [5.74, 6) is 0.319. The highest BCUT2D eigenvalue weighted by atomic mass is 16.5. The number of nitrogens with one attached hydrogen (secondary N) is 2. The molecular formula is C22H23N3O4. The molecule has 0 unspecified atom stereocenters. The van der Waals surface area contributed by atoms with E-state index in [0.717, 1.165) is 16.7 Å². The van der Waals surface area contributed by atoms with Crippen LogP contribution < -0.4 is 15.6 Å². The number of rotatable bonds is 6. The average Bonchev–Trinajstić information content (AvgIpc) is 3.21. The maximum Gasteiger partial charge on any atom is 0.291 e. The summed E-state index contributed by atoms with van der Waals surface area (Å²) in [6.45, 7) is 5.84. The summed E-state index contributed by atoms with van der Waals surface area (Å²) in [6, 6.07) is 16.7. The number of hydrogen-bond acceptors (Lipinski definition) is 5. The molecule has 29 heavy (non-hydrogen) atoms. The maximum absolute atomic E-state index is 12.2. The van der Waals surface area contributed by atoms with Crippen LogP contribution in [0.15, 0.2) is 59.1 Å². The summed E-state index contributed by atoms with van der Waals surface area (Å²) in [7, 11) is 0. The minimum atomic E-state index is -0.581. The van der Waals surface area contributed by atoms with Crippen LogP contribution in [0.2, 0.25) is 0 Å². The summed E-state index contributed by atoms with van der Waals surface area (Å²) in [5, 5.41) is 3.74. The Morgan fingerprint density at radius 2 is 1.83 bits per heavy atom. The second-order valence-electron chi connectivity index (χ2n) is 6.93. The molecule has 2 amide bonds. The minimum absolute atomic E-state index is 0.0610. The van der Waals surface area contributed by atoms with Crippen molar-refractivity contribution in [2.45, 2.75) is 26.7 Å². The molecule has 0 bridgehead atoms. The van der Waals surface area contributed by atoms with Crippen molar-refractivity contribution in [3.05, 3.63) is 71.4 Å². The van der Waals surface area contributed by atoms with Crippen molar-refractivity contribution in [1.29, 1.82) is 0 Å². The molecule has 150 valence electrons. The Labute approximate surface area is 169 Å². The lowest BCUT2D eigenvalue weighted by Crippen LogP contribution is -2.44. The fourth-order valence-corrected chi connectivity index (χ4v) is 2.73. The molecule has 2 aromatic carbocycles. The van der Waals surface area contributed by atoms with Gasteiger partial charge in [0.15, 0.2) is 18.1 Å². The first kappa shape index (κ1) is 20.1. The summed E-state index contributed by atoms with van der Waals surface area (Å²) < 4.78 is 10.8. The summed E-state index contributed by atoms with van der Waals surface area (Å²) in [4.78, 5) is 24.2. The van der Waals surface area contributed by atoms with Gasteiger partial charge in [0.05, 0.1) is 0 Å². The van der Waals surface area contributed by atoms with Gasteiger partial charge in [-0.3, -0.25) is 20.4 Å². The number of ether oxygens (including phenoxy) is 1. The molecule has 0 fully saturated rings. The van der Waals surface area contributed by atoms with Crippen LogP contribution in [-0.4, -0.2) is 23.6 Å². The van der Waals surface area contributed by atoms with Crippen molar-refractivity contribution >= 4 is 11.8 Å². The fourth-order valence-electron chi connectivity index (χ4n) is 2.73. The number of carbonyl (C=O) groups excluding carboxylic acids is 2. The molecule has 7 nitrogen and oxygen atoms in total. The van der Waals surface area contributed by atoms with E-state index in [0.29, 0.717) is 11.5 Å². The van der Waals surface area contributed by atoms with E-state index in [2.05, 4.69) is 29.9 Å². The average molecular weight is 393 g/mol. The standard InChI is InChI=1S/C22H23N3O4/c1-14(2)17-10-9-15(3)11-20(17)28-13-21(26)23-24-22(27)18-12-19(29-25-18)16-7-5-4-6-8-16/h4-12,14H,13H2,1-3H3,(H,23,26)(H,24,27). The molecule has 3 aromatic rings. The molecule has 0 saturated carbocycles. The zero-order valence-corrected chi connectivity index (χ0v) is 16.6. The Hall–Kier alpha value is -3.61. The number of benzene rings is 2. The maximum atomic E-state index is 12.2. The Kier molecular flexibility index (Phi) is 6.29. The number of amides is 2. The number of nitrogens with zero attached hydrogens (tertiary/aromatic N) is 1. The Bertz CT molecular complexity index is 996. The van der Waals surface area contributed by atoms with E-state index in [1.165, 1.54) is 6.07 Å². The first-order chi connectivity index (χ1) is 13.9. The van der Waals surface area contributed by atoms with Crippen LogP contribution in [0, 0.1) is 6.92 Å². The van der Waals surface area contributed by atoms with E-state index in [4.69, 9.17) is 9.26 Å². The van der Waals surface area contributed by atoms with Gasteiger partial charge < -0.3 is 9.26 Å². The Morgan fingerprint density at radius 1 is 1.07 bits per heavy atom. The number of aromatic nitrogens is 1. The van der Waals surface area contributed by atoms with Crippen LogP contribution >= 0.6 is 0 Å². The third-order valence-electron chi connectivity index (χ3n) is 4.27. The Balaban J connectivity index is 1.53.